The fourth-order valence-corrected chi connectivity index (χ4v) is 4.69. The Labute approximate surface area is 254 Å². The smallest absolute Gasteiger partial charge is 0.354 e. The lowest BCUT2D eigenvalue weighted by atomic mass is 9.81. The van der Waals surface area contributed by atoms with Crippen LogP contribution in [0.4, 0.5) is 11.4 Å². The molecule has 1 aromatic heterocycles. The summed E-state index contributed by atoms with van der Waals surface area (Å²) in [5.41, 5.74) is 9.97. The molecule has 2 aromatic carbocycles. The number of halogens is 1. The normalized spacial score (nSPS) is 16.6. The highest BCUT2D eigenvalue weighted by Crippen LogP contribution is 2.28. The molecule has 0 bridgehead atoms. The molecule has 1 saturated carbocycles. The zero-order chi connectivity index (χ0) is 30.1. The van der Waals surface area contributed by atoms with Crippen LogP contribution in [0.3, 0.4) is 0 Å². The summed E-state index contributed by atoms with van der Waals surface area (Å²) in [7, 11) is 0. The number of Topliss-reactive ketones (excluding diaryl/α,β-unsaturated/α-hetero) is 1. The number of hydrogen-bond donors (Lipinski definition) is 3. The SMILES string of the molecule is CC(=O)c1ccc(NOC(=O)[C@H](Cc2ccc(Oc3ccc([N+](=O)[O-])cn3)cc2)NC(=O)C2CCC(CN)CC2)cc1.Cl. The number of anilines is 1. The van der Waals surface area contributed by atoms with E-state index in [9.17, 15) is 24.5 Å². The number of nitrogens with two attached hydrogens (primary N) is 1. The van der Waals surface area contributed by atoms with Gasteiger partial charge in [0.1, 0.15) is 18.0 Å². The number of ether oxygens (including phenoxy) is 1. The predicted molar refractivity (Wildman–Crippen MR) is 161 cm³/mol. The lowest BCUT2D eigenvalue weighted by Crippen LogP contribution is -2.47. The fourth-order valence-electron chi connectivity index (χ4n) is 4.69. The first kappa shape index (κ1) is 33.0. The van der Waals surface area contributed by atoms with E-state index in [2.05, 4.69) is 15.8 Å². The van der Waals surface area contributed by atoms with Crippen LogP contribution in [-0.4, -0.2) is 40.2 Å². The van der Waals surface area contributed by atoms with Crippen molar-refractivity contribution in [1.82, 2.24) is 10.3 Å². The lowest BCUT2D eigenvalue weighted by Gasteiger charge is -2.28. The van der Waals surface area contributed by atoms with Crippen molar-refractivity contribution >= 4 is 41.4 Å². The van der Waals surface area contributed by atoms with Gasteiger partial charge in [0.05, 0.1) is 10.6 Å². The van der Waals surface area contributed by atoms with Crippen LogP contribution in [0.5, 0.6) is 11.6 Å². The maximum Gasteiger partial charge on any atom is 0.354 e. The third-order valence-electron chi connectivity index (χ3n) is 7.23. The Morgan fingerprint density at radius 3 is 2.26 bits per heavy atom. The first-order valence-corrected chi connectivity index (χ1v) is 13.7. The molecule has 0 radical (unpaired) electrons. The molecule has 13 heteroatoms. The summed E-state index contributed by atoms with van der Waals surface area (Å²) < 4.78 is 5.66. The zero-order valence-corrected chi connectivity index (χ0v) is 24.4. The minimum atomic E-state index is -0.975. The van der Waals surface area contributed by atoms with Gasteiger partial charge in [-0.15, -0.1) is 12.4 Å². The molecule has 0 aliphatic heterocycles. The molecule has 4 N–H and O–H groups in total. The van der Waals surface area contributed by atoms with Gasteiger partial charge in [-0.05, 0) is 87.0 Å². The van der Waals surface area contributed by atoms with E-state index in [4.69, 9.17) is 15.3 Å². The lowest BCUT2D eigenvalue weighted by molar-refractivity contribution is -0.385. The van der Waals surface area contributed by atoms with E-state index in [1.165, 1.54) is 19.1 Å². The second kappa shape index (κ2) is 15.6. The Morgan fingerprint density at radius 1 is 1.02 bits per heavy atom. The number of carbonyl (C=O) groups is 3. The summed E-state index contributed by atoms with van der Waals surface area (Å²) in [6, 6.07) is 15.0. The number of pyridine rings is 1. The Balaban J connectivity index is 0.00000506. The number of nitro groups is 1. The summed E-state index contributed by atoms with van der Waals surface area (Å²) in [6.45, 7) is 2.06. The Morgan fingerprint density at radius 2 is 1.70 bits per heavy atom. The van der Waals surface area contributed by atoms with Crippen LogP contribution in [0.2, 0.25) is 0 Å². The maximum absolute atomic E-state index is 13.1. The average molecular weight is 612 g/mol. The van der Waals surface area contributed by atoms with Crippen LogP contribution < -0.4 is 21.3 Å². The monoisotopic (exact) mass is 611 g/mol. The summed E-state index contributed by atoms with van der Waals surface area (Å²) >= 11 is 0. The first-order chi connectivity index (χ1) is 20.2. The highest BCUT2D eigenvalue weighted by Gasteiger charge is 2.30. The molecule has 4 rings (SSSR count). The second-order valence-corrected chi connectivity index (χ2v) is 10.2. The number of ketones is 1. The third kappa shape index (κ3) is 9.48. The van der Waals surface area contributed by atoms with Gasteiger partial charge < -0.3 is 20.6 Å². The highest BCUT2D eigenvalue weighted by molar-refractivity contribution is 5.94. The van der Waals surface area contributed by atoms with Crippen molar-refractivity contribution in [2.24, 2.45) is 17.6 Å². The van der Waals surface area contributed by atoms with Crippen LogP contribution in [0, 0.1) is 22.0 Å². The summed E-state index contributed by atoms with van der Waals surface area (Å²) in [4.78, 5) is 57.3. The van der Waals surface area contributed by atoms with E-state index < -0.39 is 16.9 Å². The number of aromatic nitrogens is 1. The standard InChI is InChI=1S/C30H33N5O7.ClH/c1-19(36)22-8-10-24(11-9-22)34-42-30(38)27(33-29(37)23-6-2-21(17-31)3-7-23)16-20-4-13-26(14-5-20)41-28-15-12-25(18-32-28)35(39)40;/h4-5,8-15,18,21,23,27,34H,2-3,6-7,16-17,31H2,1H3,(H,33,37);1H/t21?,23?,27-;/m0./s1. The molecule has 0 spiro atoms. The van der Waals surface area contributed by atoms with Gasteiger partial charge in [-0.2, -0.15) is 0 Å². The van der Waals surface area contributed by atoms with Crippen molar-refractivity contribution in [2.45, 2.75) is 45.1 Å². The summed E-state index contributed by atoms with van der Waals surface area (Å²) in [5.74, 6) is -0.130. The molecule has 12 nitrogen and oxygen atoms in total. The second-order valence-electron chi connectivity index (χ2n) is 10.2. The van der Waals surface area contributed by atoms with E-state index in [0.29, 0.717) is 42.3 Å². The average Bonchev–Trinajstić information content (AvgIpc) is 3.01. The Hall–Kier alpha value is -4.55. The topological polar surface area (TPSA) is 176 Å². The van der Waals surface area contributed by atoms with Gasteiger partial charge in [0.15, 0.2) is 5.78 Å². The largest absolute Gasteiger partial charge is 0.439 e. The molecule has 1 aliphatic rings. The van der Waals surface area contributed by atoms with Crippen molar-refractivity contribution < 1.29 is 28.9 Å². The molecular weight excluding hydrogens is 578 g/mol. The zero-order valence-electron chi connectivity index (χ0n) is 23.6. The third-order valence-corrected chi connectivity index (χ3v) is 7.23. The molecule has 0 saturated heterocycles. The molecule has 43 heavy (non-hydrogen) atoms. The van der Waals surface area contributed by atoms with Crippen molar-refractivity contribution in [3.05, 3.63) is 88.1 Å². The number of nitrogens with one attached hydrogen (secondary N) is 2. The Bertz CT molecular complexity index is 1390. The minimum Gasteiger partial charge on any atom is -0.439 e. The highest BCUT2D eigenvalue weighted by atomic mass is 35.5. The van der Waals surface area contributed by atoms with Crippen molar-refractivity contribution in [1.29, 1.82) is 0 Å². The van der Waals surface area contributed by atoms with E-state index >= 15 is 0 Å². The number of nitrogens with zero attached hydrogens (tertiary/aromatic N) is 2. The fraction of sp³-hybridized carbons (Fsp3) is 0.333. The molecule has 1 fully saturated rings. The van der Waals surface area contributed by atoms with Crippen molar-refractivity contribution in [3.8, 4) is 11.6 Å². The molecule has 1 atom stereocenters. The van der Waals surface area contributed by atoms with Crippen LogP contribution >= 0.6 is 12.4 Å². The van der Waals surface area contributed by atoms with Crippen LogP contribution in [0.1, 0.15) is 48.5 Å². The van der Waals surface area contributed by atoms with Gasteiger partial charge in [0, 0.05) is 30.0 Å². The molecule has 1 aliphatic carbocycles. The van der Waals surface area contributed by atoms with Crippen LogP contribution in [0.15, 0.2) is 66.9 Å². The number of benzene rings is 2. The molecule has 228 valence electrons. The molecule has 1 heterocycles. The van der Waals surface area contributed by atoms with Gasteiger partial charge in [0.2, 0.25) is 11.8 Å². The van der Waals surface area contributed by atoms with Crippen molar-refractivity contribution in [3.63, 3.8) is 0 Å². The van der Waals surface area contributed by atoms with Gasteiger partial charge in [-0.25, -0.2) is 15.3 Å². The molecule has 3 aromatic rings. The number of hydrogen-bond acceptors (Lipinski definition) is 10. The van der Waals surface area contributed by atoms with Gasteiger partial charge in [-0.3, -0.25) is 19.7 Å². The molecule has 1 amide bonds. The minimum absolute atomic E-state index is 0. The maximum atomic E-state index is 13.1. The molecule has 0 unspecified atom stereocenters. The Kier molecular flexibility index (Phi) is 12.0. The number of carbonyl (C=O) groups excluding carboxylic acids is 3. The summed E-state index contributed by atoms with van der Waals surface area (Å²) in [5, 5.41) is 13.7. The quantitative estimate of drug-likeness (QED) is 0.147. The van der Waals surface area contributed by atoms with E-state index in [0.717, 1.165) is 24.6 Å². The number of amides is 1. The molecular formula is C30H34ClN5O7. The van der Waals surface area contributed by atoms with E-state index in [1.807, 2.05) is 0 Å². The van der Waals surface area contributed by atoms with Gasteiger partial charge in [-0.1, -0.05) is 12.1 Å². The van der Waals surface area contributed by atoms with E-state index in [-0.39, 0.29) is 48.0 Å². The first-order valence-electron chi connectivity index (χ1n) is 13.7. The van der Waals surface area contributed by atoms with Crippen molar-refractivity contribution in [2.75, 3.05) is 12.0 Å². The van der Waals surface area contributed by atoms with E-state index in [1.54, 1.807) is 48.5 Å². The summed E-state index contributed by atoms with van der Waals surface area (Å²) in [6.07, 6.45) is 4.41. The van der Waals surface area contributed by atoms with Crippen LogP contribution in [-0.2, 0) is 20.8 Å². The number of rotatable bonds is 12. The van der Waals surface area contributed by atoms with Gasteiger partial charge in [0.25, 0.3) is 5.69 Å². The predicted octanol–water partition coefficient (Wildman–Crippen LogP) is 4.77. The van der Waals surface area contributed by atoms with Crippen LogP contribution in [0.25, 0.3) is 0 Å². The van der Waals surface area contributed by atoms with Gasteiger partial charge >= 0.3 is 5.97 Å².